The Labute approximate surface area is 239 Å². The number of halogens is 1. The summed E-state index contributed by atoms with van der Waals surface area (Å²) in [5, 5.41) is 26.6. The zero-order valence-electron chi connectivity index (χ0n) is 22.6. The molecule has 11 heteroatoms. The van der Waals surface area contributed by atoms with Crippen molar-refractivity contribution in [3.63, 3.8) is 0 Å². The summed E-state index contributed by atoms with van der Waals surface area (Å²) >= 11 is 6.06. The summed E-state index contributed by atoms with van der Waals surface area (Å²) in [6.45, 7) is 5.49. The van der Waals surface area contributed by atoms with Crippen LogP contribution in [0.3, 0.4) is 0 Å². The molecular formula is C29H33ClN2O7S. The first-order valence-corrected chi connectivity index (χ1v) is 14.4. The van der Waals surface area contributed by atoms with Crippen molar-refractivity contribution < 1.29 is 33.0 Å². The lowest BCUT2D eigenvalue weighted by atomic mass is 10.0. The molecule has 0 saturated heterocycles. The van der Waals surface area contributed by atoms with Crippen LogP contribution >= 0.6 is 11.6 Å². The number of anilines is 1. The minimum absolute atomic E-state index is 0.0146. The predicted molar refractivity (Wildman–Crippen MR) is 153 cm³/mol. The largest absolute Gasteiger partial charge is 0.478 e. The molecule has 2 atom stereocenters. The lowest BCUT2D eigenvalue weighted by Gasteiger charge is -2.27. The summed E-state index contributed by atoms with van der Waals surface area (Å²) in [5.41, 5.74) is 0.637. The predicted octanol–water partition coefficient (Wildman–Crippen LogP) is 4.49. The normalized spacial score (nSPS) is 13.3. The molecule has 0 fully saturated rings. The fourth-order valence-corrected chi connectivity index (χ4v) is 5.49. The van der Waals surface area contributed by atoms with Gasteiger partial charge >= 0.3 is 11.9 Å². The van der Waals surface area contributed by atoms with Crippen LogP contribution < -0.4 is 10.6 Å². The van der Waals surface area contributed by atoms with Gasteiger partial charge in [-0.3, -0.25) is 4.79 Å². The van der Waals surface area contributed by atoms with Crippen molar-refractivity contribution in [3.8, 4) is 0 Å². The molecule has 9 nitrogen and oxygen atoms in total. The van der Waals surface area contributed by atoms with Crippen LogP contribution in [0.2, 0.25) is 5.02 Å². The van der Waals surface area contributed by atoms with E-state index in [4.69, 9.17) is 16.3 Å². The van der Waals surface area contributed by atoms with Gasteiger partial charge in [-0.1, -0.05) is 35.9 Å². The number of aliphatic hydroxyl groups excluding tert-OH is 1. The molecule has 0 radical (unpaired) electrons. The number of hydrogen-bond donors (Lipinski definition) is 4. The minimum Gasteiger partial charge on any atom is -0.478 e. The van der Waals surface area contributed by atoms with Gasteiger partial charge in [-0.25, -0.2) is 13.2 Å². The molecule has 3 aromatic rings. The SMILES string of the molecule is CNc1ccc(S(=O)(=O)c2ccc(CCNC(C(=O)OC(C)(C)C)[C@H](O)c3cccc(Cl)c3)cc2)cc1C(=O)O. The highest BCUT2D eigenvalue weighted by molar-refractivity contribution is 7.91. The minimum atomic E-state index is -3.96. The van der Waals surface area contributed by atoms with Gasteiger partial charge < -0.3 is 25.6 Å². The number of carbonyl (C=O) groups excluding carboxylic acids is 1. The van der Waals surface area contributed by atoms with Gasteiger partial charge in [0.15, 0.2) is 0 Å². The quantitative estimate of drug-likeness (QED) is 0.238. The lowest BCUT2D eigenvalue weighted by molar-refractivity contribution is -0.160. The smallest absolute Gasteiger partial charge is 0.337 e. The molecule has 0 amide bonds. The third kappa shape index (κ3) is 7.82. The average Bonchev–Trinajstić information content (AvgIpc) is 2.89. The summed E-state index contributed by atoms with van der Waals surface area (Å²) in [5.74, 6) is -1.86. The van der Waals surface area contributed by atoms with E-state index >= 15 is 0 Å². The number of benzene rings is 3. The van der Waals surface area contributed by atoms with E-state index in [1.165, 1.54) is 24.3 Å². The van der Waals surface area contributed by atoms with Crippen molar-refractivity contribution >= 4 is 39.1 Å². The van der Waals surface area contributed by atoms with Crippen molar-refractivity contribution in [2.75, 3.05) is 18.9 Å². The Bertz CT molecular complexity index is 1470. The Kier molecular flexibility index (Phi) is 9.96. The van der Waals surface area contributed by atoms with E-state index in [2.05, 4.69) is 10.6 Å². The van der Waals surface area contributed by atoms with Crippen molar-refractivity contribution in [2.45, 2.75) is 54.7 Å². The van der Waals surface area contributed by atoms with Gasteiger partial charge in [0.25, 0.3) is 0 Å². The van der Waals surface area contributed by atoms with Crippen LogP contribution in [0.1, 0.15) is 48.4 Å². The van der Waals surface area contributed by atoms with Gasteiger partial charge in [-0.2, -0.15) is 0 Å². The molecule has 0 spiro atoms. The number of aliphatic hydroxyl groups is 1. The Hall–Kier alpha value is -3.44. The summed E-state index contributed by atoms with van der Waals surface area (Å²) < 4.78 is 31.8. The Morgan fingerprint density at radius 3 is 2.23 bits per heavy atom. The number of hydrogen-bond acceptors (Lipinski definition) is 8. The lowest BCUT2D eigenvalue weighted by Crippen LogP contribution is -2.46. The second kappa shape index (κ2) is 12.8. The molecular weight excluding hydrogens is 556 g/mol. The average molecular weight is 589 g/mol. The zero-order valence-corrected chi connectivity index (χ0v) is 24.2. The summed E-state index contributed by atoms with van der Waals surface area (Å²) in [6, 6.07) is 15.6. The molecule has 0 aliphatic rings. The number of rotatable bonds is 11. The van der Waals surface area contributed by atoms with Crippen LogP contribution in [0.5, 0.6) is 0 Å². The highest BCUT2D eigenvalue weighted by Gasteiger charge is 2.32. The fourth-order valence-electron chi connectivity index (χ4n) is 4.00. The molecule has 0 heterocycles. The molecule has 0 saturated carbocycles. The van der Waals surface area contributed by atoms with Crippen LogP contribution in [0.4, 0.5) is 5.69 Å². The summed E-state index contributed by atoms with van der Waals surface area (Å²) in [4.78, 5) is 24.3. The molecule has 0 aliphatic heterocycles. The number of aromatic carboxylic acids is 1. The topological polar surface area (TPSA) is 142 Å². The number of ether oxygens (including phenoxy) is 1. The van der Waals surface area contributed by atoms with Gasteiger partial charge in [0.2, 0.25) is 9.84 Å². The van der Waals surface area contributed by atoms with Gasteiger partial charge in [0, 0.05) is 24.3 Å². The number of carboxylic acids is 1. The van der Waals surface area contributed by atoms with Crippen molar-refractivity contribution in [1.29, 1.82) is 0 Å². The van der Waals surface area contributed by atoms with Crippen LogP contribution in [-0.4, -0.2) is 55.8 Å². The van der Waals surface area contributed by atoms with Crippen LogP contribution in [-0.2, 0) is 25.8 Å². The van der Waals surface area contributed by atoms with Crippen LogP contribution in [0.25, 0.3) is 0 Å². The van der Waals surface area contributed by atoms with Crippen molar-refractivity contribution in [2.24, 2.45) is 0 Å². The van der Waals surface area contributed by atoms with Crippen LogP contribution in [0, 0.1) is 0 Å². The summed E-state index contributed by atoms with van der Waals surface area (Å²) in [7, 11) is -2.40. The van der Waals surface area contributed by atoms with E-state index in [9.17, 15) is 28.2 Å². The Balaban J connectivity index is 1.74. The number of nitrogens with one attached hydrogen (secondary N) is 2. The maximum atomic E-state index is 13.1. The molecule has 0 aromatic heterocycles. The van der Waals surface area contributed by atoms with Gasteiger partial charge in [-0.15, -0.1) is 0 Å². The zero-order chi connectivity index (χ0) is 29.7. The molecule has 3 aromatic carbocycles. The van der Waals surface area contributed by atoms with E-state index < -0.39 is 39.5 Å². The molecule has 0 bridgehead atoms. The third-order valence-electron chi connectivity index (χ3n) is 5.98. The first-order valence-electron chi connectivity index (χ1n) is 12.5. The van der Waals surface area contributed by atoms with Gasteiger partial charge in [-0.05, 0) is 80.8 Å². The molecule has 214 valence electrons. The third-order valence-corrected chi connectivity index (χ3v) is 7.98. The second-order valence-corrected chi connectivity index (χ2v) is 12.5. The second-order valence-electron chi connectivity index (χ2n) is 10.1. The molecule has 40 heavy (non-hydrogen) atoms. The fraction of sp³-hybridized carbons (Fsp3) is 0.310. The standard InChI is InChI=1S/C29H33ClN2O7S/c1-29(2,3)39-28(36)25(26(33)19-6-5-7-20(30)16-19)32-15-14-18-8-10-21(11-9-18)40(37,38)22-12-13-24(31-4)23(17-22)27(34)35/h5-13,16-17,25-26,31-33H,14-15H2,1-4H3,(H,34,35)/t25?,26-/m1/s1. The highest BCUT2D eigenvalue weighted by Crippen LogP contribution is 2.26. The molecule has 4 N–H and O–H groups in total. The maximum Gasteiger partial charge on any atom is 0.337 e. The molecule has 3 rings (SSSR count). The Morgan fingerprint density at radius 1 is 1.00 bits per heavy atom. The monoisotopic (exact) mass is 588 g/mol. The number of carboxylic acid groups (broad SMARTS) is 1. The summed E-state index contributed by atoms with van der Waals surface area (Å²) in [6.07, 6.45) is -0.798. The highest BCUT2D eigenvalue weighted by atomic mass is 35.5. The molecule has 1 unspecified atom stereocenters. The van der Waals surface area contributed by atoms with Crippen molar-refractivity contribution in [3.05, 3.63) is 88.4 Å². The Morgan fingerprint density at radius 2 is 1.65 bits per heavy atom. The molecule has 0 aliphatic carbocycles. The first kappa shape index (κ1) is 31.1. The van der Waals surface area contributed by atoms with Gasteiger partial charge in [0.1, 0.15) is 17.7 Å². The number of sulfone groups is 1. The van der Waals surface area contributed by atoms with E-state index in [1.807, 2.05) is 0 Å². The van der Waals surface area contributed by atoms with E-state index in [-0.39, 0.29) is 21.9 Å². The van der Waals surface area contributed by atoms with Gasteiger partial charge in [0.05, 0.1) is 15.4 Å². The number of carbonyl (C=O) groups is 2. The van der Waals surface area contributed by atoms with E-state index in [0.29, 0.717) is 22.7 Å². The van der Waals surface area contributed by atoms with E-state index in [0.717, 1.165) is 11.6 Å². The van der Waals surface area contributed by atoms with E-state index in [1.54, 1.807) is 64.2 Å². The maximum absolute atomic E-state index is 13.1. The number of esters is 1. The first-order chi connectivity index (χ1) is 18.7. The van der Waals surface area contributed by atoms with Crippen molar-refractivity contribution in [1.82, 2.24) is 5.32 Å². The van der Waals surface area contributed by atoms with Crippen LogP contribution in [0.15, 0.2) is 76.5 Å².